The fourth-order valence-corrected chi connectivity index (χ4v) is 2.36. The summed E-state index contributed by atoms with van der Waals surface area (Å²) in [5.74, 6) is 0. The monoisotopic (exact) mass is 150 g/mol. The van der Waals surface area contributed by atoms with Crippen LogP contribution in [-0.2, 0) is 4.74 Å². The van der Waals surface area contributed by atoms with Crippen molar-refractivity contribution in [3.05, 3.63) is 0 Å². The fraction of sp³-hybridized carbons (Fsp3) is 1.00. The average molecular weight is 151 g/mol. The van der Waals surface area contributed by atoms with Crippen LogP contribution in [0, 0.1) is 0 Å². The van der Waals surface area contributed by atoms with Crippen LogP contribution >= 0.6 is 11.1 Å². The van der Waals surface area contributed by atoms with Crippen molar-refractivity contribution in [1.29, 1.82) is 0 Å². The van der Waals surface area contributed by atoms with Crippen molar-refractivity contribution in [2.45, 2.75) is 25.0 Å². The molecule has 1 saturated heterocycles. The van der Waals surface area contributed by atoms with E-state index in [0.29, 0.717) is 5.73 Å². The Morgan fingerprint density at radius 2 is 2.38 bits per heavy atom. The fourth-order valence-electron chi connectivity index (χ4n) is 0.929. The summed E-state index contributed by atoms with van der Waals surface area (Å²) in [4.78, 5) is 0. The quantitative estimate of drug-likeness (QED) is 0.398. The molecule has 0 aliphatic carbocycles. The Bertz CT molecular complexity index is 63.4. The van der Waals surface area contributed by atoms with Gasteiger partial charge in [-0.05, 0) is 19.3 Å². The average Bonchev–Trinajstić information content (AvgIpc) is 1.90. The Balaban J connectivity index is 2.13. The Kier molecular flexibility index (Phi) is 2.87. The minimum atomic E-state index is -0.382. The lowest BCUT2D eigenvalue weighted by Gasteiger charge is -2.19. The molecule has 0 aromatic rings. The van der Waals surface area contributed by atoms with E-state index in [2.05, 4.69) is 0 Å². The maximum atomic E-state index is 5.69. The molecule has 0 saturated carbocycles. The normalized spacial score (nSPS) is 31.9. The van der Waals surface area contributed by atoms with Crippen molar-refractivity contribution in [3.63, 3.8) is 0 Å². The molecule has 1 nitrogen and oxygen atoms in total. The molecule has 0 aromatic heterocycles. The molecule has 0 amide bonds. The van der Waals surface area contributed by atoms with Crippen molar-refractivity contribution in [3.8, 4) is 0 Å². The predicted molar refractivity (Wildman–Crippen MR) is 38.0 cm³/mol. The Morgan fingerprint density at radius 3 is 2.75 bits per heavy atom. The molecule has 8 heavy (non-hydrogen) atoms. The topological polar surface area (TPSA) is 9.23 Å². The van der Waals surface area contributed by atoms with Gasteiger partial charge in [0.15, 0.2) is 8.83 Å². The van der Waals surface area contributed by atoms with Crippen LogP contribution in [-0.4, -0.2) is 21.2 Å². The van der Waals surface area contributed by atoms with Gasteiger partial charge in [0.2, 0.25) is 0 Å². The van der Waals surface area contributed by atoms with E-state index in [0.717, 1.165) is 6.61 Å². The number of rotatable bonds is 1. The van der Waals surface area contributed by atoms with E-state index in [4.69, 9.17) is 15.8 Å². The van der Waals surface area contributed by atoms with Gasteiger partial charge in [-0.3, -0.25) is 0 Å². The smallest absolute Gasteiger partial charge is 0.156 e. The van der Waals surface area contributed by atoms with Gasteiger partial charge in [0, 0.05) is 6.61 Å². The van der Waals surface area contributed by atoms with Crippen molar-refractivity contribution in [1.82, 2.24) is 0 Å². The number of hydrogen-bond acceptors (Lipinski definition) is 1. The minimum Gasteiger partial charge on any atom is -0.381 e. The molecule has 0 spiro atoms. The highest BCUT2D eigenvalue weighted by molar-refractivity contribution is 6.94. The summed E-state index contributed by atoms with van der Waals surface area (Å²) in [6.07, 6.45) is 3.78. The van der Waals surface area contributed by atoms with E-state index in [1.54, 1.807) is 0 Å². The van der Waals surface area contributed by atoms with Gasteiger partial charge in [-0.15, -0.1) is 0 Å². The van der Waals surface area contributed by atoms with Crippen LogP contribution in [0.15, 0.2) is 0 Å². The van der Waals surface area contributed by atoms with Crippen molar-refractivity contribution >= 4 is 19.9 Å². The molecule has 1 atom stereocenters. The zero-order valence-electron chi connectivity index (χ0n) is 4.90. The van der Waals surface area contributed by atoms with Gasteiger partial charge in [-0.1, -0.05) is 0 Å². The maximum absolute atomic E-state index is 5.69. The van der Waals surface area contributed by atoms with E-state index >= 15 is 0 Å². The molecule has 1 unspecified atom stereocenters. The number of ether oxygens (including phenoxy) is 1. The largest absolute Gasteiger partial charge is 0.381 e. The van der Waals surface area contributed by atoms with E-state index in [1.165, 1.54) is 19.3 Å². The first kappa shape index (κ1) is 6.58. The van der Waals surface area contributed by atoms with Crippen LogP contribution in [0.2, 0.25) is 0 Å². The number of hydrogen-bond donors (Lipinski definition) is 0. The zero-order valence-corrected chi connectivity index (χ0v) is 7.07. The molecule has 1 aliphatic heterocycles. The highest BCUT2D eigenvalue weighted by atomic mass is 35.6. The Labute approximate surface area is 56.9 Å². The highest BCUT2D eigenvalue weighted by Gasteiger charge is 2.11. The Hall–Kier alpha value is 0.467. The molecule has 0 bridgehead atoms. The summed E-state index contributed by atoms with van der Waals surface area (Å²) in [7, 11) is -0.382. The summed E-state index contributed by atoms with van der Waals surface area (Å²) >= 11 is 5.69. The van der Waals surface area contributed by atoms with Gasteiger partial charge in [0.25, 0.3) is 0 Å². The molecule has 0 N–H and O–H groups in total. The first-order chi connectivity index (χ1) is 3.93. The molecule has 0 aromatic carbocycles. The van der Waals surface area contributed by atoms with Gasteiger partial charge in [0.1, 0.15) is 0 Å². The summed E-state index contributed by atoms with van der Waals surface area (Å²) in [6, 6.07) is 0. The van der Waals surface area contributed by atoms with Crippen molar-refractivity contribution in [2.75, 3.05) is 6.61 Å². The lowest BCUT2D eigenvalue weighted by atomic mass is 10.2. The molecule has 1 fully saturated rings. The third-order valence-electron chi connectivity index (χ3n) is 1.45. The van der Waals surface area contributed by atoms with Gasteiger partial charge in [-0.25, -0.2) is 0 Å². The molecule has 0 radical (unpaired) electrons. The van der Waals surface area contributed by atoms with Crippen LogP contribution in [0.3, 0.4) is 0 Å². The third-order valence-corrected chi connectivity index (χ3v) is 3.47. The zero-order chi connectivity index (χ0) is 5.82. The first-order valence-corrected chi connectivity index (χ1v) is 6.06. The van der Waals surface area contributed by atoms with Crippen LogP contribution in [0.5, 0.6) is 0 Å². The summed E-state index contributed by atoms with van der Waals surface area (Å²) in [6.45, 7) is 0.949. The van der Waals surface area contributed by atoms with Gasteiger partial charge in [-0.2, -0.15) is 11.1 Å². The third kappa shape index (κ3) is 1.76. The van der Waals surface area contributed by atoms with Crippen LogP contribution in [0.25, 0.3) is 0 Å². The van der Waals surface area contributed by atoms with E-state index in [9.17, 15) is 0 Å². The molecule has 48 valence electrons. The lowest BCUT2D eigenvalue weighted by molar-refractivity contribution is 0.0666. The molecule has 1 rings (SSSR count). The summed E-state index contributed by atoms with van der Waals surface area (Å²) < 4.78 is 5.36. The van der Waals surface area contributed by atoms with E-state index < -0.39 is 0 Å². The van der Waals surface area contributed by atoms with Gasteiger partial charge < -0.3 is 4.74 Å². The SMILES string of the molecule is Cl[SiH2]C1CCCCO1. The van der Waals surface area contributed by atoms with Crippen molar-refractivity contribution in [2.24, 2.45) is 0 Å². The second-order valence-electron chi connectivity index (χ2n) is 2.14. The molecular formula is C5H11ClOSi. The van der Waals surface area contributed by atoms with Gasteiger partial charge in [0.05, 0.1) is 5.73 Å². The standard InChI is InChI=1S/C5H11ClOSi/c6-8-5-3-1-2-4-7-5/h5H,1-4,8H2. The summed E-state index contributed by atoms with van der Waals surface area (Å²) in [5, 5.41) is 0. The highest BCUT2D eigenvalue weighted by Crippen LogP contribution is 2.11. The van der Waals surface area contributed by atoms with Crippen LogP contribution < -0.4 is 0 Å². The van der Waals surface area contributed by atoms with Crippen LogP contribution in [0.1, 0.15) is 19.3 Å². The second-order valence-corrected chi connectivity index (χ2v) is 4.29. The van der Waals surface area contributed by atoms with E-state index in [1.807, 2.05) is 0 Å². The van der Waals surface area contributed by atoms with Crippen LogP contribution in [0.4, 0.5) is 0 Å². The lowest BCUT2D eigenvalue weighted by Crippen LogP contribution is -2.22. The molecule has 3 heteroatoms. The molecular weight excluding hydrogens is 140 g/mol. The predicted octanol–water partition coefficient (Wildman–Crippen LogP) is 0.836. The maximum Gasteiger partial charge on any atom is 0.156 e. The second kappa shape index (κ2) is 3.48. The van der Waals surface area contributed by atoms with Gasteiger partial charge >= 0.3 is 0 Å². The number of halogens is 1. The minimum absolute atomic E-state index is 0.382. The van der Waals surface area contributed by atoms with Crippen molar-refractivity contribution < 1.29 is 4.74 Å². The molecule has 1 aliphatic rings. The van der Waals surface area contributed by atoms with E-state index in [-0.39, 0.29) is 8.83 Å². The molecule has 1 heterocycles. The summed E-state index contributed by atoms with van der Waals surface area (Å²) in [5.41, 5.74) is 0.491. The first-order valence-electron chi connectivity index (χ1n) is 3.11. The Morgan fingerprint density at radius 1 is 1.50 bits per heavy atom.